The van der Waals surface area contributed by atoms with Gasteiger partial charge in [-0.15, -0.1) is 0 Å². The van der Waals surface area contributed by atoms with E-state index in [1.807, 2.05) is 0 Å². The predicted molar refractivity (Wildman–Crippen MR) is 120 cm³/mol. The molecule has 192 valence electrons. The fraction of sp³-hybridized carbons (Fsp3) is 0.875. The summed E-state index contributed by atoms with van der Waals surface area (Å²) in [4.78, 5) is 34.4. The molecule has 0 bridgehead atoms. The largest absolute Gasteiger partial charge is 0.463 e. The van der Waals surface area contributed by atoms with E-state index in [1.54, 1.807) is 0 Å². The van der Waals surface area contributed by atoms with Crippen molar-refractivity contribution in [2.24, 2.45) is 0 Å². The number of rotatable bonds is 16. The van der Waals surface area contributed by atoms with Gasteiger partial charge >= 0.3 is 17.9 Å². The summed E-state index contributed by atoms with van der Waals surface area (Å²) in [5.74, 6) is -1.85. The molecule has 0 aromatic carbocycles. The van der Waals surface area contributed by atoms with Crippen LogP contribution < -0.4 is 0 Å². The van der Waals surface area contributed by atoms with Crippen molar-refractivity contribution in [2.45, 2.75) is 123 Å². The van der Waals surface area contributed by atoms with Crippen molar-refractivity contribution in [2.75, 3.05) is 13.2 Å². The molecule has 0 aliphatic carbocycles. The molecule has 0 spiro atoms. The fourth-order valence-corrected chi connectivity index (χ4v) is 3.81. The van der Waals surface area contributed by atoms with Crippen LogP contribution in [0.1, 0.15) is 91.9 Å². The Morgan fingerprint density at radius 1 is 0.758 bits per heavy atom. The van der Waals surface area contributed by atoms with Crippen LogP contribution >= 0.6 is 0 Å². The highest BCUT2D eigenvalue weighted by Crippen LogP contribution is 2.28. The van der Waals surface area contributed by atoms with Crippen LogP contribution in [0.5, 0.6) is 0 Å². The van der Waals surface area contributed by atoms with Crippen molar-refractivity contribution in [3.8, 4) is 0 Å². The zero-order valence-corrected chi connectivity index (χ0v) is 20.6. The Labute approximate surface area is 197 Å². The maximum Gasteiger partial charge on any atom is 0.303 e. The van der Waals surface area contributed by atoms with Crippen LogP contribution in [-0.4, -0.2) is 66.9 Å². The number of hydrogen-bond donors (Lipinski definition) is 1. The Kier molecular flexibility index (Phi) is 15.0. The van der Waals surface area contributed by atoms with Gasteiger partial charge in [0, 0.05) is 27.4 Å². The van der Waals surface area contributed by atoms with Crippen molar-refractivity contribution < 1.29 is 43.2 Å². The molecule has 1 heterocycles. The van der Waals surface area contributed by atoms with E-state index in [2.05, 4.69) is 6.92 Å². The summed E-state index contributed by atoms with van der Waals surface area (Å²) in [7, 11) is 0. The van der Waals surface area contributed by atoms with Gasteiger partial charge in [0.2, 0.25) is 0 Å². The van der Waals surface area contributed by atoms with Crippen molar-refractivity contribution in [1.29, 1.82) is 0 Å². The Bertz CT molecular complexity index is 580. The van der Waals surface area contributed by atoms with Crippen molar-refractivity contribution >= 4 is 17.9 Å². The number of carbonyl (C=O) groups excluding carboxylic acids is 3. The third-order valence-corrected chi connectivity index (χ3v) is 5.45. The summed E-state index contributed by atoms with van der Waals surface area (Å²) in [6.07, 6.45) is 6.04. The van der Waals surface area contributed by atoms with Crippen molar-refractivity contribution in [3.63, 3.8) is 0 Å². The minimum Gasteiger partial charge on any atom is -0.463 e. The molecule has 9 nitrogen and oxygen atoms in total. The third kappa shape index (κ3) is 12.4. The van der Waals surface area contributed by atoms with Crippen LogP contribution in [0, 0.1) is 0 Å². The maximum atomic E-state index is 11.6. The lowest BCUT2D eigenvalue weighted by atomic mass is 9.98. The normalized spacial score (nSPS) is 24.8. The van der Waals surface area contributed by atoms with Gasteiger partial charge in [-0.05, 0) is 6.42 Å². The summed E-state index contributed by atoms with van der Waals surface area (Å²) >= 11 is 0. The molecule has 0 unspecified atom stereocenters. The van der Waals surface area contributed by atoms with Gasteiger partial charge in [0.1, 0.15) is 18.8 Å². The molecule has 0 radical (unpaired) electrons. The molecule has 0 amide bonds. The fourth-order valence-electron chi connectivity index (χ4n) is 3.81. The van der Waals surface area contributed by atoms with Crippen LogP contribution in [0.3, 0.4) is 0 Å². The van der Waals surface area contributed by atoms with E-state index in [9.17, 15) is 19.5 Å². The van der Waals surface area contributed by atoms with E-state index in [1.165, 1.54) is 65.7 Å². The van der Waals surface area contributed by atoms with Gasteiger partial charge in [0.05, 0.1) is 0 Å². The number of hydrogen-bond acceptors (Lipinski definition) is 9. The molecule has 33 heavy (non-hydrogen) atoms. The molecule has 1 aliphatic heterocycles. The molecule has 1 aliphatic rings. The molecule has 1 saturated heterocycles. The standard InChI is InChI=1S/C24H42O9/c1-5-6-7-8-9-10-11-12-13-14-15-29-24-21(28)23(32-19(4)27)22(31-18(3)26)20(33-24)16-30-17(2)25/h20-24,28H,5-16H2,1-4H3/t20-,21-,22+,23-,24+/m1/s1. The number of ether oxygens (including phenoxy) is 5. The van der Waals surface area contributed by atoms with Crippen LogP contribution in [-0.2, 0) is 38.1 Å². The van der Waals surface area contributed by atoms with E-state index in [-0.39, 0.29) is 6.61 Å². The highest BCUT2D eigenvalue weighted by Gasteiger charge is 2.50. The van der Waals surface area contributed by atoms with Gasteiger partial charge in [-0.1, -0.05) is 64.7 Å². The quantitative estimate of drug-likeness (QED) is 0.204. The lowest BCUT2D eigenvalue weighted by Gasteiger charge is -2.42. The van der Waals surface area contributed by atoms with Crippen LogP contribution in [0.25, 0.3) is 0 Å². The summed E-state index contributed by atoms with van der Waals surface area (Å²) < 4.78 is 26.9. The first-order chi connectivity index (χ1) is 15.8. The predicted octanol–water partition coefficient (Wildman–Crippen LogP) is 3.44. The summed E-state index contributed by atoms with van der Waals surface area (Å²) in [5.41, 5.74) is 0. The topological polar surface area (TPSA) is 118 Å². The molecule has 1 fully saturated rings. The molecular weight excluding hydrogens is 432 g/mol. The second-order valence-electron chi connectivity index (χ2n) is 8.54. The van der Waals surface area contributed by atoms with Crippen LogP contribution in [0.15, 0.2) is 0 Å². The smallest absolute Gasteiger partial charge is 0.303 e. The minimum atomic E-state index is -1.37. The first-order valence-corrected chi connectivity index (χ1v) is 12.2. The van der Waals surface area contributed by atoms with Crippen molar-refractivity contribution in [3.05, 3.63) is 0 Å². The van der Waals surface area contributed by atoms with E-state index in [0.717, 1.165) is 19.3 Å². The Balaban J connectivity index is 2.53. The van der Waals surface area contributed by atoms with Gasteiger partial charge in [-0.25, -0.2) is 0 Å². The Morgan fingerprint density at radius 2 is 1.27 bits per heavy atom. The van der Waals surface area contributed by atoms with Gasteiger partial charge in [0.15, 0.2) is 18.5 Å². The zero-order valence-electron chi connectivity index (χ0n) is 20.6. The second kappa shape index (κ2) is 16.8. The first kappa shape index (κ1) is 29.3. The Morgan fingerprint density at radius 3 is 1.79 bits per heavy atom. The molecule has 5 atom stereocenters. The SMILES string of the molecule is CCCCCCCCCCCCO[C@H]1O[C@H](COC(C)=O)[C@H](OC(C)=O)[C@H](OC(C)=O)[C@H]1O. The number of aliphatic hydroxyl groups excluding tert-OH is 1. The molecule has 0 aromatic heterocycles. The average molecular weight is 475 g/mol. The molecular formula is C24H42O9. The number of unbranched alkanes of at least 4 members (excludes halogenated alkanes) is 9. The summed E-state index contributed by atoms with van der Waals surface area (Å²) in [6, 6.07) is 0. The lowest BCUT2D eigenvalue weighted by molar-refractivity contribution is -0.305. The molecule has 1 rings (SSSR count). The molecule has 1 N–H and O–H groups in total. The third-order valence-electron chi connectivity index (χ3n) is 5.45. The molecule has 9 heteroatoms. The van der Waals surface area contributed by atoms with E-state index < -0.39 is 48.6 Å². The van der Waals surface area contributed by atoms with Gasteiger partial charge in [0.25, 0.3) is 0 Å². The number of aliphatic hydroxyl groups is 1. The number of esters is 3. The Hall–Kier alpha value is -1.71. The minimum absolute atomic E-state index is 0.240. The highest BCUT2D eigenvalue weighted by atomic mass is 16.7. The monoisotopic (exact) mass is 474 g/mol. The average Bonchev–Trinajstić information content (AvgIpc) is 2.74. The van der Waals surface area contributed by atoms with E-state index >= 15 is 0 Å². The summed E-state index contributed by atoms with van der Waals surface area (Å²) in [5, 5.41) is 10.7. The van der Waals surface area contributed by atoms with Gasteiger partial charge in [-0.2, -0.15) is 0 Å². The van der Waals surface area contributed by atoms with Crippen LogP contribution in [0.2, 0.25) is 0 Å². The zero-order chi connectivity index (χ0) is 24.6. The lowest BCUT2D eigenvalue weighted by Crippen LogP contribution is -2.61. The highest BCUT2D eigenvalue weighted by molar-refractivity contribution is 5.67. The second-order valence-corrected chi connectivity index (χ2v) is 8.54. The van der Waals surface area contributed by atoms with Gasteiger partial charge in [-0.3, -0.25) is 14.4 Å². The van der Waals surface area contributed by atoms with Gasteiger partial charge < -0.3 is 28.8 Å². The van der Waals surface area contributed by atoms with E-state index in [0.29, 0.717) is 6.61 Å². The van der Waals surface area contributed by atoms with Crippen molar-refractivity contribution in [1.82, 2.24) is 0 Å². The number of carbonyl (C=O) groups is 3. The maximum absolute atomic E-state index is 11.6. The van der Waals surface area contributed by atoms with Crippen LogP contribution in [0.4, 0.5) is 0 Å². The molecule has 0 aromatic rings. The van der Waals surface area contributed by atoms with E-state index in [4.69, 9.17) is 23.7 Å². The first-order valence-electron chi connectivity index (χ1n) is 12.2. The molecule has 0 saturated carbocycles. The summed E-state index contributed by atoms with van der Waals surface area (Å²) in [6.45, 7) is 5.94.